The third-order valence-corrected chi connectivity index (χ3v) is 3.52. The van der Waals surface area contributed by atoms with Crippen molar-refractivity contribution in [3.63, 3.8) is 0 Å². The maximum absolute atomic E-state index is 12.1. The molecular weight excluding hydrogens is 356 g/mol. The highest BCUT2D eigenvalue weighted by Crippen LogP contribution is 2.42. The van der Waals surface area contributed by atoms with Crippen LogP contribution in [-0.4, -0.2) is 30.9 Å². The van der Waals surface area contributed by atoms with Crippen LogP contribution in [0.1, 0.15) is 12.5 Å². The molecule has 0 saturated heterocycles. The zero-order valence-electron chi connectivity index (χ0n) is 14.6. The minimum Gasteiger partial charge on any atom is -0.504 e. The Kier molecular flexibility index (Phi) is 5.16. The summed E-state index contributed by atoms with van der Waals surface area (Å²) in [4.78, 5) is 23.4. The molecular formula is C19H16O8. The zero-order valence-corrected chi connectivity index (χ0v) is 14.6. The summed E-state index contributed by atoms with van der Waals surface area (Å²) >= 11 is 0. The molecule has 0 bridgehead atoms. The number of hydrogen-bond donors (Lipinski definition) is 1. The van der Waals surface area contributed by atoms with Crippen LogP contribution in [0.2, 0.25) is 0 Å². The van der Waals surface area contributed by atoms with Gasteiger partial charge in [0.05, 0.1) is 7.11 Å². The number of phenols is 1. The van der Waals surface area contributed by atoms with Gasteiger partial charge in [0.25, 0.3) is 0 Å². The lowest BCUT2D eigenvalue weighted by Crippen LogP contribution is -2.08. The maximum atomic E-state index is 12.1. The molecule has 27 heavy (non-hydrogen) atoms. The molecule has 1 aliphatic rings. The van der Waals surface area contributed by atoms with Crippen LogP contribution < -0.4 is 23.7 Å². The van der Waals surface area contributed by atoms with Gasteiger partial charge in [-0.25, -0.2) is 4.79 Å². The predicted octanol–water partition coefficient (Wildman–Crippen LogP) is 2.67. The van der Waals surface area contributed by atoms with Crippen molar-refractivity contribution in [1.82, 2.24) is 0 Å². The zero-order chi connectivity index (χ0) is 19.4. The van der Waals surface area contributed by atoms with Crippen molar-refractivity contribution in [2.24, 2.45) is 0 Å². The lowest BCUT2D eigenvalue weighted by molar-refractivity contribution is -0.133. The van der Waals surface area contributed by atoms with E-state index in [2.05, 4.69) is 0 Å². The number of esters is 2. The van der Waals surface area contributed by atoms with Crippen LogP contribution in [0.5, 0.6) is 34.5 Å². The fourth-order valence-corrected chi connectivity index (χ4v) is 2.32. The number of aromatic hydroxyl groups is 1. The Morgan fingerprint density at radius 3 is 2.33 bits per heavy atom. The number of rotatable bonds is 5. The van der Waals surface area contributed by atoms with E-state index in [4.69, 9.17) is 23.7 Å². The van der Waals surface area contributed by atoms with Crippen LogP contribution in [0.4, 0.5) is 0 Å². The molecule has 0 radical (unpaired) electrons. The predicted molar refractivity (Wildman–Crippen MR) is 93.2 cm³/mol. The van der Waals surface area contributed by atoms with Crippen LogP contribution in [0.25, 0.3) is 6.08 Å². The highest BCUT2D eigenvalue weighted by atomic mass is 16.7. The summed E-state index contributed by atoms with van der Waals surface area (Å²) in [6.45, 7) is 1.25. The molecule has 8 heteroatoms. The van der Waals surface area contributed by atoms with Gasteiger partial charge in [0.1, 0.15) is 0 Å². The smallest absolute Gasteiger partial charge is 0.336 e. The molecule has 1 aliphatic heterocycles. The van der Waals surface area contributed by atoms with Gasteiger partial charge >= 0.3 is 11.9 Å². The van der Waals surface area contributed by atoms with Gasteiger partial charge in [-0.2, -0.15) is 0 Å². The molecule has 8 nitrogen and oxygen atoms in total. The number of fused-ring (bicyclic) bond motifs is 1. The summed E-state index contributed by atoms with van der Waals surface area (Å²) in [5.74, 6) is -0.180. The molecule has 0 amide bonds. The van der Waals surface area contributed by atoms with Crippen LogP contribution in [0.3, 0.4) is 0 Å². The number of benzene rings is 2. The standard InChI is InChI=1S/C19H16O8/c1-11(20)26-17-8-15-16(25-10-24-15)9-18(17)27-19(22)6-4-12-3-5-13(21)14(7-12)23-2/h3-9,21H,10H2,1-2H3. The molecule has 3 rings (SSSR count). The van der Waals surface area contributed by atoms with E-state index in [1.807, 2.05) is 0 Å². The number of carbonyl (C=O) groups is 2. The monoisotopic (exact) mass is 372 g/mol. The van der Waals surface area contributed by atoms with E-state index >= 15 is 0 Å². The molecule has 2 aromatic rings. The normalized spacial score (nSPS) is 12.1. The Morgan fingerprint density at radius 2 is 1.70 bits per heavy atom. The van der Waals surface area contributed by atoms with Crippen molar-refractivity contribution in [2.75, 3.05) is 13.9 Å². The van der Waals surface area contributed by atoms with Gasteiger partial charge in [0.15, 0.2) is 34.5 Å². The van der Waals surface area contributed by atoms with Crippen LogP contribution >= 0.6 is 0 Å². The molecule has 0 aromatic heterocycles. The van der Waals surface area contributed by atoms with Crippen molar-refractivity contribution in [1.29, 1.82) is 0 Å². The van der Waals surface area contributed by atoms with E-state index < -0.39 is 11.9 Å². The van der Waals surface area contributed by atoms with Gasteiger partial charge in [-0.15, -0.1) is 0 Å². The number of phenolic OH excluding ortho intramolecular Hbond substituents is 1. The minimum atomic E-state index is -0.700. The molecule has 0 fully saturated rings. The topological polar surface area (TPSA) is 101 Å². The lowest BCUT2D eigenvalue weighted by atomic mass is 10.2. The highest BCUT2D eigenvalue weighted by Gasteiger charge is 2.21. The first-order chi connectivity index (χ1) is 13.0. The Morgan fingerprint density at radius 1 is 1.04 bits per heavy atom. The fraction of sp³-hybridized carbons (Fsp3) is 0.158. The van der Waals surface area contributed by atoms with E-state index in [1.54, 1.807) is 12.1 Å². The van der Waals surface area contributed by atoms with Crippen molar-refractivity contribution >= 4 is 18.0 Å². The van der Waals surface area contributed by atoms with Gasteiger partial charge < -0.3 is 28.8 Å². The number of ether oxygens (including phenoxy) is 5. The first-order valence-electron chi connectivity index (χ1n) is 7.85. The van der Waals surface area contributed by atoms with E-state index in [1.165, 1.54) is 44.4 Å². The summed E-state index contributed by atoms with van der Waals surface area (Å²) in [6, 6.07) is 7.44. The lowest BCUT2D eigenvalue weighted by Gasteiger charge is -2.09. The van der Waals surface area contributed by atoms with E-state index in [0.717, 1.165) is 0 Å². The molecule has 140 valence electrons. The Hall–Kier alpha value is -3.68. The molecule has 0 unspecified atom stereocenters. The second-order valence-corrected chi connectivity index (χ2v) is 5.43. The minimum absolute atomic E-state index is 0.0105. The van der Waals surface area contributed by atoms with Crippen LogP contribution in [-0.2, 0) is 9.59 Å². The fourth-order valence-electron chi connectivity index (χ4n) is 2.32. The highest BCUT2D eigenvalue weighted by molar-refractivity contribution is 5.89. The summed E-state index contributed by atoms with van der Waals surface area (Å²) in [5, 5.41) is 9.58. The number of hydrogen-bond acceptors (Lipinski definition) is 8. The van der Waals surface area contributed by atoms with Gasteiger partial charge in [0, 0.05) is 25.1 Å². The largest absolute Gasteiger partial charge is 0.504 e. The second kappa shape index (κ2) is 7.69. The van der Waals surface area contributed by atoms with Gasteiger partial charge in [-0.3, -0.25) is 4.79 Å². The first-order valence-corrected chi connectivity index (χ1v) is 7.85. The molecule has 0 atom stereocenters. The maximum Gasteiger partial charge on any atom is 0.336 e. The van der Waals surface area contributed by atoms with Crippen molar-refractivity contribution in [2.45, 2.75) is 6.92 Å². The molecule has 0 aliphatic carbocycles. The van der Waals surface area contributed by atoms with Crippen molar-refractivity contribution in [3.05, 3.63) is 42.0 Å². The average molecular weight is 372 g/mol. The second-order valence-electron chi connectivity index (χ2n) is 5.43. The summed E-state index contributed by atoms with van der Waals surface area (Å²) in [6.07, 6.45) is 2.68. The van der Waals surface area contributed by atoms with Gasteiger partial charge in [0.2, 0.25) is 6.79 Å². The van der Waals surface area contributed by atoms with E-state index in [9.17, 15) is 14.7 Å². The average Bonchev–Trinajstić information content (AvgIpc) is 3.08. The quantitative estimate of drug-likeness (QED) is 0.486. The third-order valence-electron chi connectivity index (χ3n) is 3.52. The summed E-state index contributed by atoms with van der Waals surface area (Å²) in [5.41, 5.74) is 0.618. The summed E-state index contributed by atoms with van der Waals surface area (Å²) in [7, 11) is 1.42. The van der Waals surface area contributed by atoms with E-state index in [-0.39, 0.29) is 29.8 Å². The van der Waals surface area contributed by atoms with E-state index in [0.29, 0.717) is 17.1 Å². The van der Waals surface area contributed by atoms with Gasteiger partial charge in [-0.1, -0.05) is 6.07 Å². The van der Waals surface area contributed by atoms with Crippen molar-refractivity contribution < 1.29 is 38.4 Å². The number of carbonyl (C=O) groups excluding carboxylic acids is 2. The first kappa shape index (κ1) is 18.1. The molecule has 1 N–H and O–H groups in total. The number of methoxy groups -OCH3 is 1. The summed E-state index contributed by atoms with van der Waals surface area (Å²) < 4.78 is 25.8. The molecule has 2 aromatic carbocycles. The third kappa shape index (κ3) is 4.30. The van der Waals surface area contributed by atoms with Crippen LogP contribution in [0, 0.1) is 0 Å². The SMILES string of the molecule is COc1cc(C=CC(=O)Oc2cc3c(cc2OC(C)=O)OCO3)ccc1O. The van der Waals surface area contributed by atoms with Gasteiger partial charge in [-0.05, 0) is 23.8 Å². The van der Waals surface area contributed by atoms with Crippen molar-refractivity contribution in [3.8, 4) is 34.5 Å². The Labute approximate surface area is 154 Å². The molecule has 1 heterocycles. The van der Waals surface area contributed by atoms with Crippen LogP contribution in [0.15, 0.2) is 36.4 Å². The molecule has 0 spiro atoms. The Bertz CT molecular complexity index is 916. The molecule has 0 saturated carbocycles. The Balaban J connectivity index is 1.78.